The molecule has 0 radical (unpaired) electrons. The summed E-state index contributed by atoms with van der Waals surface area (Å²) in [4.78, 5) is 13.2. The Morgan fingerprint density at radius 3 is 2.47 bits per heavy atom. The number of carbonyl (C=O) groups excluding carboxylic acids is 1. The van der Waals surface area contributed by atoms with Gasteiger partial charge in [-0.1, -0.05) is 0 Å². The molecular formula is C10H20N2O3. The quantitative estimate of drug-likeness (QED) is 0.656. The van der Waals surface area contributed by atoms with Crippen molar-refractivity contribution in [3.8, 4) is 0 Å². The first-order valence-electron chi connectivity index (χ1n) is 5.17. The number of amides is 1. The van der Waals surface area contributed by atoms with Gasteiger partial charge in [0.05, 0.1) is 18.7 Å². The van der Waals surface area contributed by atoms with E-state index >= 15 is 0 Å². The average Bonchev–Trinajstić information content (AvgIpc) is 2.43. The van der Waals surface area contributed by atoms with Crippen LogP contribution in [0.4, 0.5) is 4.79 Å². The van der Waals surface area contributed by atoms with E-state index < -0.39 is 11.7 Å². The first-order chi connectivity index (χ1) is 6.83. The van der Waals surface area contributed by atoms with Crippen LogP contribution in [-0.4, -0.2) is 54.0 Å². The van der Waals surface area contributed by atoms with Gasteiger partial charge in [0.15, 0.2) is 0 Å². The van der Waals surface area contributed by atoms with Gasteiger partial charge in [-0.3, -0.25) is 0 Å². The third-order valence-corrected chi connectivity index (χ3v) is 2.31. The fourth-order valence-corrected chi connectivity index (χ4v) is 1.55. The Kier molecular flexibility index (Phi) is 3.57. The van der Waals surface area contributed by atoms with E-state index in [1.165, 1.54) is 4.90 Å². The number of hydrogen-bond acceptors (Lipinski definition) is 4. The molecule has 5 heteroatoms. The zero-order chi connectivity index (χ0) is 11.6. The zero-order valence-corrected chi connectivity index (χ0v) is 9.78. The van der Waals surface area contributed by atoms with Gasteiger partial charge in [-0.15, -0.1) is 0 Å². The van der Waals surface area contributed by atoms with Crippen molar-refractivity contribution in [1.82, 2.24) is 10.2 Å². The van der Waals surface area contributed by atoms with E-state index in [1.54, 1.807) is 7.05 Å². The number of aliphatic hydroxyl groups excluding tert-OH is 1. The highest BCUT2D eigenvalue weighted by Gasteiger charge is 2.35. The number of hydrogen-bond donors (Lipinski definition) is 2. The predicted octanol–water partition coefficient (Wildman–Crippen LogP) is 0.186. The molecular weight excluding hydrogens is 196 g/mol. The highest BCUT2D eigenvalue weighted by atomic mass is 16.6. The maximum Gasteiger partial charge on any atom is 0.410 e. The molecule has 1 aliphatic rings. The Balaban J connectivity index is 2.50. The average molecular weight is 216 g/mol. The Morgan fingerprint density at radius 2 is 2.07 bits per heavy atom. The van der Waals surface area contributed by atoms with Gasteiger partial charge < -0.3 is 20.1 Å². The predicted molar refractivity (Wildman–Crippen MR) is 56.7 cm³/mol. The Hall–Kier alpha value is -0.810. The van der Waals surface area contributed by atoms with Crippen molar-refractivity contribution < 1.29 is 14.6 Å². The summed E-state index contributed by atoms with van der Waals surface area (Å²) in [6.07, 6.45) is -0.873. The van der Waals surface area contributed by atoms with Crippen molar-refractivity contribution in [1.29, 1.82) is 0 Å². The second-order valence-electron chi connectivity index (χ2n) is 4.85. The minimum atomic E-state index is -0.512. The molecule has 1 heterocycles. The lowest BCUT2D eigenvalue weighted by molar-refractivity contribution is 0.0270. The summed E-state index contributed by atoms with van der Waals surface area (Å²) in [5, 5.41) is 12.6. The van der Waals surface area contributed by atoms with Crippen LogP contribution in [-0.2, 0) is 4.74 Å². The molecule has 2 N–H and O–H groups in total. The molecule has 5 nitrogen and oxygen atoms in total. The molecule has 0 aromatic rings. The molecule has 0 spiro atoms. The monoisotopic (exact) mass is 216 g/mol. The second-order valence-corrected chi connectivity index (χ2v) is 4.85. The van der Waals surface area contributed by atoms with E-state index in [1.807, 2.05) is 20.8 Å². The first-order valence-corrected chi connectivity index (χ1v) is 5.17. The van der Waals surface area contributed by atoms with Crippen LogP contribution in [0.15, 0.2) is 0 Å². The maximum absolute atomic E-state index is 11.6. The zero-order valence-electron chi connectivity index (χ0n) is 9.78. The van der Waals surface area contributed by atoms with Crippen LogP contribution in [0.5, 0.6) is 0 Å². The fourth-order valence-electron chi connectivity index (χ4n) is 1.55. The minimum Gasteiger partial charge on any atom is -0.444 e. The second kappa shape index (κ2) is 4.37. The molecule has 1 saturated heterocycles. The largest absolute Gasteiger partial charge is 0.444 e. The number of carbonyl (C=O) groups is 1. The van der Waals surface area contributed by atoms with Crippen LogP contribution in [0.2, 0.25) is 0 Å². The van der Waals surface area contributed by atoms with Gasteiger partial charge in [-0.2, -0.15) is 0 Å². The molecule has 0 aliphatic carbocycles. The van der Waals surface area contributed by atoms with Crippen LogP contribution in [0, 0.1) is 0 Å². The van der Waals surface area contributed by atoms with Crippen molar-refractivity contribution >= 4 is 6.09 Å². The van der Waals surface area contributed by atoms with E-state index in [9.17, 15) is 9.90 Å². The number of β-amino-alcohol motifs (C(OH)–C–C–N with tert-alkyl or cyclic N) is 1. The van der Waals surface area contributed by atoms with Gasteiger partial charge in [-0.25, -0.2) is 4.79 Å². The smallest absolute Gasteiger partial charge is 0.410 e. The van der Waals surface area contributed by atoms with Crippen LogP contribution in [0.1, 0.15) is 20.8 Å². The molecule has 0 aromatic heterocycles. The molecule has 15 heavy (non-hydrogen) atoms. The molecule has 2 atom stereocenters. The first kappa shape index (κ1) is 12.3. The van der Waals surface area contributed by atoms with Crippen molar-refractivity contribution in [3.05, 3.63) is 0 Å². The van der Waals surface area contributed by atoms with Gasteiger partial charge in [0.1, 0.15) is 5.60 Å². The minimum absolute atomic E-state index is 0.0579. The number of nitrogens with zero attached hydrogens (tertiary/aromatic N) is 1. The number of aliphatic hydroxyl groups is 1. The van der Waals surface area contributed by atoms with Crippen LogP contribution >= 0.6 is 0 Å². The Bertz CT molecular complexity index is 237. The lowest BCUT2D eigenvalue weighted by atomic mass is 10.2. The summed E-state index contributed by atoms with van der Waals surface area (Å²) in [7, 11) is 1.77. The molecule has 1 rings (SSSR count). The lowest BCUT2D eigenvalue weighted by Crippen LogP contribution is -2.38. The summed E-state index contributed by atoms with van der Waals surface area (Å²) in [5.41, 5.74) is -0.486. The van der Waals surface area contributed by atoms with Crippen molar-refractivity contribution in [2.45, 2.75) is 38.5 Å². The van der Waals surface area contributed by atoms with Crippen LogP contribution in [0.3, 0.4) is 0 Å². The van der Waals surface area contributed by atoms with Gasteiger partial charge in [0.2, 0.25) is 0 Å². The van der Waals surface area contributed by atoms with E-state index in [-0.39, 0.29) is 12.1 Å². The number of ether oxygens (including phenoxy) is 1. The number of likely N-dealkylation sites (tertiary alicyclic amines) is 1. The maximum atomic E-state index is 11.6. The standard InChI is InChI=1S/C10H20N2O3/c1-10(2,3)15-9(14)12-5-7(11-4)8(13)6-12/h7-8,11,13H,5-6H2,1-4H3/t7-,8?/m0/s1. The van der Waals surface area contributed by atoms with Crippen molar-refractivity contribution in [2.75, 3.05) is 20.1 Å². The third-order valence-electron chi connectivity index (χ3n) is 2.31. The SMILES string of the molecule is CN[C@H]1CN(C(=O)OC(C)(C)C)CC1O. The fraction of sp³-hybridized carbons (Fsp3) is 0.900. The van der Waals surface area contributed by atoms with Crippen molar-refractivity contribution in [3.63, 3.8) is 0 Å². The molecule has 88 valence electrons. The van der Waals surface area contributed by atoms with E-state index in [0.717, 1.165) is 0 Å². The van der Waals surface area contributed by atoms with Gasteiger partial charge in [0, 0.05) is 6.54 Å². The van der Waals surface area contributed by atoms with E-state index in [4.69, 9.17) is 4.74 Å². The summed E-state index contributed by atoms with van der Waals surface area (Å²) in [6, 6.07) is -0.0579. The van der Waals surface area contributed by atoms with Crippen molar-refractivity contribution in [2.24, 2.45) is 0 Å². The van der Waals surface area contributed by atoms with E-state index in [2.05, 4.69) is 5.32 Å². The third kappa shape index (κ3) is 3.35. The summed E-state index contributed by atoms with van der Waals surface area (Å²) in [5.74, 6) is 0. The van der Waals surface area contributed by atoms with E-state index in [0.29, 0.717) is 13.1 Å². The number of likely N-dealkylation sites (N-methyl/N-ethyl adjacent to an activating group) is 1. The van der Waals surface area contributed by atoms with Gasteiger partial charge >= 0.3 is 6.09 Å². The summed E-state index contributed by atoms with van der Waals surface area (Å²) < 4.78 is 5.21. The topological polar surface area (TPSA) is 61.8 Å². The normalized spacial score (nSPS) is 26.9. The molecule has 0 bridgehead atoms. The van der Waals surface area contributed by atoms with Crippen LogP contribution < -0.4 is 5.32 Å². The Morgan fingerprint density at radius 1 is 1.47 bits per heavy atom. The molecule has 1 amide bonds. The molecule has 1 unspecified atom stereocenters. The molecule has 0 saturated carbocycles. The van der Waals surface area contributed by atoms with Crippen LogP contribution in [0.25, 0.3) is 0 Å². The number of nitrogens with one attached hydrogen (secondary N) is 1. The highest BCUT2D eigenvalue weighted by molar-refractivity contribution is 5.68. The summed E-state index contributed by atoms with van der Waals surface area (Å²) >= 11 is 0. The molecule has 1 aliphatic heterocycles. The lowest BCUT2D eigenvalue weighted by Gasteiger charge is -2.24. The Labute approximate surface area is 90.4 Å². The molecule has 1 fully saturated rings. The summed E-state index contributed by atoms with van der Waals surface area (Å²) in [6.45, 7) is 6.31. The number of rotatable bonds is 1. The van der Waals surface area contributed by atoms with Gasteiger partial charge in [-0.05, 0) is 27.8 Å². The molecule has 0 aromatic carbocycles. The van der Waals surface area contributed by atoms with Gasteiger partial charge in [0.25, 0.3) is 0 Å². The highest BCUT2D eigenvalue weighted by Crippen LogP contribution is 2.15.